The third kappa shape index (κ3) is 4.81. The zero-order valence-electron chi connectivity index (χ0n) is 17.5. The Bertz CT molecular complexity index is 1500. The van der Waals surface area contributed by atoms with Gasteiger partial charge in [0.15, 0.2) is 0 Å². The van der Waals surface area contributed by atoms with Crippen LogP contribution in [-0.4, -0.2) is 27.2 Å². The Morgan fingerprint density at radius 2 is 1.67 bits per heavy atom. The van der Waals surface area contributed by atoms with Crippen LogP contribution >= 0.6 is 34.5 Å². The normalized spacial score (nSPS) is 11.5. The number of rotatable bonds is 7. The molecule has 0 spiro atoms. The van der Waals surface area contributed by atoms with E-state index in [1.165, 1.54) is 38.5 Å². The van der Waals surface area contributed by atoms with Crippen LogP contribution in [0.5, 0.6) is 11.5 Å². The van der Waals surface area contributed by atoms with Crippen molar-refractivity contribution in [2.75, 3.05) is 18.9 Å². The second-order valence-corrected chi connectivity index (χ2v) is 10.5. The summed E-state index contributed by atoms with van der Waals surface area (Å²) < 4.78 is 41.2. The number of aromatic nitrogens is 1. The van der Waals surface area contributed by atoms with Crippen LogP contribution in [0, 0.1) is 0 Å². The van der Waals surface area contributed by atoms with Gasteiger partial charge in [-0.3, -0.25) is 14.1 Å². The highest BCUT2D eigenvalue weighted by Gasteiger charge is 2.20. The zero-order valence-corrected chi connectivity index (χ0v) is 20.6. The standard InChI is InChI=1S/C22H18Cl2N2O5S2/c1-30-19-11-17(20(31-2)10-16(19)24)25-33(28,29)15-7-8-18-21(9-15)32-22(27)26(18)12-13-3-5-14(23)6-4-13/h3-11,25H,12H2,1-2H3. The van der Waals surface area contributed by atoms with Gasteiger partial charge in [0.2, 0.25) is 0 Å². The second-order valence-electron chi connectivity index (χ2n) is 7.00. The lowest BCUT2D eigenvalue weighted by Crippen LogP contribution is -2.14. The predicted molar refractivity (Wildman–Crippen MR) is 132 cm³/mol. The maximum absolute atomic E-state index is 13.1. The quantitative estimate of drug-likeness (QED) is 0.357. The van der Waals surface area contributed by atoms with E-state index in [2.05, 4.69) is 4.72 Å². The molecule has 33 heavy (non-hydrogen) atoms. The van der Waals surface area contributed by atoms with Crippen LogP contribution in [0.3, 0.4) is 0 Å². The van der Waals surface area contributed by atoms with Crippen LogP contribution in [0.1, 0.15) is 5.56 Å². The maximum Gasteiger partial charge on any atom is 0.308 e. The molecule has 4 rings (SSSR count). The van der Waals surface area contributed by atoms with Gasteiger partial charge < -0.3 is 9.47 Å². The molecule has 0 aliphatic rings. The van der Waals surface area contributed by atoms with E-state index in [1.54, 1.807) is 22.8 Å². The lowest BCUT2D eigenvalue weighted by molar-refractivity contribution is 0.405. The number of benzene rings is 3. The maximum atomic E-state index is 13.1. The summed E-state index contributed by atoms with van der Waals surface area (Å²) in [5.74, 6) is 0.535. The predicted octanol–water partition coefficient (Wildman–Crippen LogP) is 5.24. The van der Waals surface area contributed by atoms with Crippen LogP contribution in [-0.2, 0) is 16.6 Å². The van der Waals surface area contributed by atoms with E-state index in [1.807, 2.05) is 12.1 Å². The number of sulfonamides is 1. The first kappa shape index (κ1) is 23.4. The molecule has 0 bridgehead atoms. The van der Waals surface area contributed by atoms with E-state index in [0.29, 0.717) is 27.5 Å². The van der Waals surface area contributed by atoms with Crippen molar-refractivity contribution in [1.82, 2.24) is 4.57 Å². The largest absolute Gasteiger partial charge is 0.495 e. The molecule has 4 aromatic rings. The van der Waals surface area contributed by atoms with Gasteiger partial charge in [0.1, 0.15) is 11.5 Å². The van der Waals surface area contributed by atoms with Gasteiger partial charge in [-0.25, -0.2) is 8.42 Å². The number of hydrogen-bond donors (Lipinski definition) is 1. The number of halogens is 2. The van der Waals surface area contributed by atoms with Gasteiger partial charge in [-0.2, -0.15) is 0 Å². The van der Waals surface area contributed by atoms with Gasteiger partial charge in [-0.1, -0.05) is 46.7 Å². The van der Waals surface area contributed by atoms with E-state index >= 15 is 0 Å². The molecular formula is C22H18Cl2N2O5S2. The second kappa shape index (κ2) is 9.26. The van der Waals surface area contributed by atoms with Gasteiger partial charge in [0, 0.05) is 17.2 Å². The number of thiazole rings is 1. The third-order valence-corrected chi connectivity index (χ3v) is 7.77. The molecule has 0 saturated carbocycles. The van der Waals surface area contributed by atoms with E-state index in [4.69, 9.17) is 32.7 Å². The number of hydrogen-bond acceptors (Lipinski definition) is 6. The Morgan fingerprint density at radius 1 is 0.970 bits per heavy atom. The highest BCUT2D eigenvalue weighted by atomic mass is 35.5. The summed E-state index contributed by atoms with van der Waals surface area (Å²) in [6.45, 7) is 0.349. The number of methoxy groups -OCH3 is 2. The number of nitrogens with zero attached hydrogens (tertiary/aromatic N) is 1. The van der Waals surface area contributed by atoms with Crippen LogP contribution in [0.4, 0.5) is 5.69 Å². The molecule has 0 aliphatic carbocycles. The van der Waals surface area contributed by atoms with Crippen molar-refractivity contribution in [3.63, 3.8) is 0 Å². The molecule has 1 aromatic heterocycles. The van der Waals surface area contributed by atoms with Crippen LogP contribution in [0.2, 0.25) is 10.0 Å². The number of anilines is 1. The fraction of sp³-hybridized carbons (Fsp3) is 0.136. The first-order chi connectivity index (χ1) is 15.7. The van der Waals surface area contributed by atoms with Crippen LogP contribution in [0.25, 0.3) is 10.2 Å². The van der Waals surface area contributed by atoms with E-state index in [0.717, 1.165) is 16.9 Å². The monoisotopic (exact) mass is 524 g/mol. The Kier molecular flexibility index (Phi) is 6.58. The third-order valence-electron chi connectivity index (χ3n) is 4.92. The molecule has 0 saturated heterocycles. The van der Waals surface area contributed by atoms with E-state index < -0.39 is 10.0 Å². The van der Waals surface area contributed by atoms with Crippen molar-refractivity contribution in [2.45, 2.75) is 11.4 Å². The molecule has 11 heteroatoms. The summed E-state index contributed by atoms with van der Waals surface area (Å²) in [5.41, 5.74) is 1.72. The summed E-state index contributed by atoms with van der Waals surface area (Å²) in [6, 6.07) is 14.7. The van der Waals surface area contributed by atoms with Gasteiger partial charge in [-0.05, 0) is 35.9 Å². The molecule has 0 aliphatic heterocycles. The van der Waals surface area contributed by atoms with Crippen molar-refractivity contribution in [3.05, 3.63) is 79.9 Å². The van der Waals surface area contributed by atoms with Crippen molar-refractivity contribution >= 4 is 60.5 Å². The average molecular weight is 525 g/mol. The van der Waals surface area contributed by atoms with E-state index in [-0.39, 0.29) is 26.2 Å². The Hall–Kier alpha value is -2.72. The van der Waals surface area contributed by atoms with Crippen molar-refractivity contribution in [1.29, 1.82) is 0 Å². The molecule has 0 radical (unpaired) electrons. The number of nitrogens with one attached hydrogen (secondary N) is 1. The minimum absolute atomic E-state index is 0.00543. The van der Waals surface area contributed by atoms with Gasteiger partial charge in [0.25, 0.3) is 10.0 Å². The molecule has 0 fully saturated rings. The molecule has 0 amide bonds. The summed E-state index contributed by atoms with van der Waals surface area (Å²) in [7, 11) is -1.16. The fourth-order valence-electron chi connectivity index (χ4n) is 3.28. The summed E-state index contributed by atoms with van der Waals surface area (Å²) in [5, 5.41) is 0.893. The molecule has 172 valence electrons. The zero-order chi connectivity index (χ0) is 23.8. The highest BCUT2D eigenvalue weighted by Crippen LogP contribution is 2.37. The molecule has 7 nitrogen and oxygen atoms in total. The lowest BCUT2D eigenvalue weighted by Gasteiger charge is -2.14. The molecule has 1 N–H and O–H groups in total. The van der Waals surface area contributed by atoms with Gasteiger partial charge >= 0.3 is 4.87 Å². The average Bonchev–Trinajstić information content (AvgIpc) is 3.10. The lowest BCUT2D eigenvalue weighted by atomic mass is 10.2. The van der Waals surface area contributed by atoms with Gasteiger partial charge in [-0.15, -0.1) is 0 Å². The molecule has 0 atom stereocenters. The molecule has 3 aromatic carbocycles. The summed E-state index contributed by atoms with van der Waals surface area (Å²) in [4.78, 5) is 12.4. The van der Waals surface area contributed by atoms with Crippen molar-refractivity contribution < 1.29 is 17.9 Å². The topological polar surface area (TPSA) is 86.6 Å². The van der Waals surface area contributed by atoms with E-state index in [9.17, 15) is 13.2 Å². The minimum atomic E-state index is -3.99. The Balaban J connectivity index is 1.69. The Morgan fingerprint density at radius 3 is 2.33 bits per heavy atom. The number of ether oxygens (including phenoxy) is 2. The molecule has 1 heterocycles. The smallest absolute Gasteiger partial charge is 0.308 e. The van der Waals surface area contributed by atoms with Gasteiger partial charge in [0.05, 0.1) is 46.6 Å². The SMILES string of the molecule is COc1cc(NS(=O)(=O)c2ccc3c(c2)sc(=O)n3Cc2ccc(Cl)cc2)c(OC)cc1Cl. The van der Waals surface area contributed by atoms with Crippen molar-refractivity contribution in [3.8, 4) is 11.5 Å². The Labute approximate surface area is 204 Å². The van der Waals surface area contributed by atoms with Crippen LogP contribution in [0.15, 0.2) is 64.3 Å². The fourth-order valence-corrected chi connectivity index (χ4v) is 5.73. The minimum Gasteiger partial charge on any atom is -0.495 e. The summed E-state index contributed by atoms with van der Waals surface area (Å²) >= 11 is 13.0. The first-order valence-corrected chi connectivity index (χ1v) is 12.6. The number of fused-ring (bicyclic) bond motifs is 1. The first-order valence-electron chi connectivity index (χ1n) is 9.54. The highest BCUT2D eigenvalue weighted by molar-refractivity contribution is 7.92. The molecular weight excluding hydrogens is 507 g/mol. The van der Waals surface area contributed by atoms with Crippen molar-refractivity contribution in [2.24, 2.45) is 0 Å². The summed E-state index contributed by atoms with van der Waals surface area (Å²) in [6.07, 6.45) is 0. The molecule has 0 unspecified atom stereocenters. The van der Waals surface area contributed by atoms with Crippen LogP contribution < -0.4 is 19.1 Å².